The Morgan fingerprint density at radius 2 is 2.24 bits per heavy atom. The Labute approximate surface area is 115 Å². The minimum absolute atomic E-state index is 0.926. The van der Waals surface area contributed by atoms with Crippen molar-refractivity contribution in [1.29, 1.82) is 0 Å². The highest BCUT2D eigenvalue weighted by molar-refractivity contribution is 9.10. The molecule has 0 aliphatic carbocycles. The second-order valence-corrected chi connectivity index (χ2v) is 5.84. The summed E-state index contributed by atoms with van der Waals surface area (Å²) in [5.41, 5.74) is 1.36. The van der Waals surface area contributed by atoms with Crippen molar-refractivity contribution >= 4 is 27.3 Å². The first-order chi connectivity index (χ1) is 8.31. The van der Waals surface area contributed by atoms with Gasteiger partial charge in [-0.3, -0.25) is 0 Å². The van der Waals surface area contributed by atoms with Gasteiger partial charge in [0.15, 0.2) is 0 Å². The monoisotopic (exact) mass is 312 g/mol. The molecule has 0 amide bonds. The second kappa shape index (κ2) is 6.38. The lowest BCUT2D eigenvalue weighted by atomic mass is 10.4. The standard InChI is InChI=1S/C13H17BrN2S/c1-2-6-16-7-3-4-11(16)9-15-10-13-12(14)5-8-17-13/h3-5,7-8,15H,2,6,9-10H2,1H3. The van der Waals surface area contributed by atoms with Gasteiger partial charge in [-0.05, 0) is 45.9 Å². The summed E-state index contributed by atoms with van der Waals surface area (Å²) in [6.07, 6.45) is 3.33. The molecule has 2 heterocycles. The molecule has 2 aromatic rings. The number of halogens is 1. The van der Waals surface area contributed by atoms with E-state index in [1.807, 2.05) is 0 Å². The molecule has 0 unspecified atom stereocenters. The van der Waals surface area contributed by atoms with Gasteiger partial charge in [0.1, 0.15) is 0 Å². The van der Waals surface area contributed by atoms with Crippen LogP contribution in [0.2, 0.25) is 0 Å². The summed E-state index contributed by atoms with van der Waals surface area (Å²) in [5, 5.41) is 5.60. The summed E-state index contributed by atoms with van der Waals surface area (Å²) in [6.45, 7) is 5.17. The number of nitrogens with zero attached hydrogens (tertiary/aromatic N) is 1. The van der Waals surface area contributed by atoms with Crippen LogP contribution in [0.5, 0.6) is 0 Å². The third-order valence-corrected chi connectivity index (χ3v) is 4.60. The number of nitrogens with one attached hydrogen (secondary N) is 1. The summed E-state index contributed by atoms with van der Waals surface area (Å²) in [5.74, 6) is 0. The Balaban J connectivity index is 1.86. The fraction of sp³-hybridized carbons (Fsp3) is 0.385. The topological polar surface area (TPSA) is 17.0 Å². The molecule has 0 fully saturated rings. The molecular formula is C13H17BrN2S. The van der Waals surface area contributed by atoms with Crippen molar-refractivity contribution in [2.75, 3.05) is 0 Å². The molecule has 2 rings (SSSR count). The van der Waals surface area contributed by atoms with E-state index in [1.165, 1.54) is 21.5 Å². The first kappa shape index (κ1) is 12.9. The average Bonchev–Trinajstić information content (AvgIpc) is 2.90. The number of hydrogen-bond donors (Lipinski definition) is 1. The molecule has 0 bridgehead atoms. The molecule has 0 aromatic carbocycles. The lowest BCUT2D eigenvalue weighted by Gasteiger charge is -2.08. The van der Waals surface area contributed by atoms with E-state index in [2.05, 4.69) is 62.5 Å². The van der Waals surface area contributed by atoms with Crippen molar-refractivity contribution in [3.05, 3.63) is 44.8 Å². The van der Waals surface area contributed by atoms with Crippen LogP contribution in [-0.4, -0.2) is 4.57 Å². The smallest absolute Gasteiger partial charge is 0.0362 e. The van der Waals surface area contributed by atoms with Crippen molar-refractivity contribution in [1.82, 2.24) is 9.88 Å². The summed E-state index contributed by atoms with van der Waals surface area (Å²) in [4.78, 5) is 1.36. The summed E-state index contributed by atoms with van der Waals surface area (Å²) in [7, 11) is 0. The van der Waals surface area contributed by atoms with Crippen LogP contribution >= 0.6 is 27.3 Å². The van der Waals surface area contributed by atoms with Gasteiger partial charge >= 0.3 is 0 Å². The van der Waals surface area contributed by atoms with Crippen LogP contribution in [0.1, 0.15) is 23.9 Å². The van der Waals surface area contributed by atoms with Crippen LogP contribution in [0.15, 0.2) is 34.2 Å². The Kier molecular flexibility index (Phi) is 4.83. The molecule has 1 N–H and O–H groups in total. The Hall–Kier alpha value is -0.580. The zero-order valence-corrected chi connectivity index (χ0v) is 12.4. The van der Waals surface area contributed by atoms with Crippen LogP contribution in [0.25, 0.3) is 0 Å². The van der Waals surface area contributed by atoms with Gasteiger partial charge < -0.3 is 9.88 Å². The molecule has 0 radical (unpaired) electrons. The lowest BCUT2D eigenvalue weighted by Crippen LogP contribution is -2.15. The zero-order chi connectivity index (χ0) is 12.1. The van der Waals surface area contributed by atoms with Crippen LogP contribution in [0, 0.1) is 0 Å². The predicted molar refractivity (Wildman–Crippen MR) is 77.3 cm³/mol. The van der Waals surface area contributed by atoms with Crippen LogP contribution in [-0.2, 0) is 19.6 Å². The minimum Gasteiger partial charge on any atom is -0.350 e. The van der Waals surface area contributed by atoms with Gasteiger partial charge in [0.2, 0.25) is 0 Å². The fourth-order valence-corrected chi connectivity index (χ4v) is 3.29. The largest absolute Gasteiger partial charge is 0.350 e. The molecule has 2 aromatic heterocycles. The predicted octanol–water partition coefficient (Wildman–Crippen LogP) is 4.01. The Morgan fingerprint density at radius 1 is 1.35 bits per heavy atom. The fourth-order valence-electron chi connectivity index (χ4n) is 1.82. The summed E-state index contributed by atoms with van der Waals surface area (Å²) < 4.78 is 3.52. The van der Waals surface area contributed by atoms with Crippen molar-refractivity contribution < 1.29 is 0 Å². The molecule has 0 spiro atoms. The SMILES string of the molecule is CCCn1cccc1CNCc1sccc1Br. The van der Waals surface area contributed by atoms with E-state index in [1.54, 1.807) is 11.3 Å². The number of rotatable bonds is 6. The maximum atomic E-state index is 3.55. The molecule has 2 nitrogen and oxygen atoms in total. The van der Waals surface area contributed by atoms with Gasteiger partial charge in [-0.2, -0.15) is 0 Å². The third kappa shape index (κ3) is 3.44. The Morgan fingerprint density at radius 3 is 2.94 bits per heavy atom. The second-order valence-electron chi connectivity index (χ2n) is 3.99. The number of thiophene rings is 1. The van der Waals surface area contributed by atoms with Gasteiger partial charge in [-0.1, -0.05) is 6.92 Å². The highest BCUT2D eigenvalue weighted by atomic mass is 79.9. The van der Waals surface area contributed by atoms with E-state index in [4.69, 9.17) is 0 Å². The number of aryl methyl sites for hydroxylation is 1. The van der Waals surface area contributed by atoms with Gasteiger partial charge in [-0.15, -0.1) is 11.3 Å². The summed E-state index contributed by atoms with van der Waals surface area (Å²) in [6, 6.07) is 6.40. The molecule has 0 atom stereocenters. The maximum Gasteiger partial charge on any atom is 0.0362 e. The van der Waals surface area contributed by atoms with Crippen LogP contribution < -0.4 is 5.32 Å². The van der Waals surface area contributed by atoms with Crippen LogP contribution in [0.4, 0.5) is 0 Å². The van der Waals surface area contributed by atoms with E-state index in [0.717, 1.165) is 19.6 Å². The van der Waals surface area contributed by atoms with Crippen molar-refractivity contribution in [3.8, 4) is 0 Å². The van der Waals surface area contributed by atoms with E-state index < -0.39 is 0 Å². The van der Waals surface area contributed by atoms with Crippen molar-refractivity contribution in [2.45, 2.75) is 33.0 Å². The maximum absolute atomic E-state index is 3.55. The zero-order valence-electron chi connectivity index (χ0n) is 9.95. The van der Waals surface area contributed by atoms with Gasteiger partial charge in [0, 0.05) is 40.9 Å². The van der Waals surface area contributed by atoms with Gasteiger partial charge in [0.05, 0.1) is 0 Å². The lowest BCUT2D eigenvalue weighted by molar-refractivity contribution is 0.604. The van der Waals surface area contributed by atoms with Gasteiger partial charge in [-0.25, -0.2) is 0 Å². The summed E-state index contributed by atoms with van der Waals surface area (Å²) >= 11 is 5.33. The first-order valence-electron chi connectivity index (χ1n) is 5.88. The minimum atomic E-state index is 0.926. The average molecular weight is 313 g/mol. The Bertz CT molecular complexity index is 461. The molecule has 92 valence electrons. The van der Waals surface area contributed by atoms with Crippen molar-refractivity contribution in [3.63, 3.8) is 0 Å². The highest BCUT2D eigenvalue weighted by Crippen LogP contribution is 2.22. The third-order valence-electron chi connectivity index (χ3n) is 2.67. The molecule has 0 saturated carbocycles. The van der Waals surface area contributed by atoms with Gasteiger partial charge in [0.25, 0.3) is 0 Å². The van der Waals surface area contributed by atoms with Crippen molar-refractivity contribution in [2.24, 2.45) is 0 Å². The molecule has 0 saturated heterocycles. The first-order valence-corrected chi connectivity index (χ1v) is 7.55. The van der Waals surface area contributed by atoms with E-state index in [0.29, 0.717) is 0 Å². The molecule has 0 aliphatic rings. The molecule has 4 heteroatoms. The quantitative estimate of drug-likeness (QED) is 0.852. The highest BCUT2D eigenvalue weighted by Gasteiger charge is 2.02. The molecular weight excluding hydrogens is 296 g/mol. The number of aromatic nitrogens is 1. The van der Waals surface area contributed by atoms with E-state index in [-0.39, 0.29) is 0 Å². The number of hydrogen-bond acceptors (Lipinski definition) is 2. The molecule has 17 heavy (non-hydrogen) atoms. The normalized spacial score (nSPS) is 10.9. The van der Waals surface area contributed by atoms with E-state index in [9.17, 15) is 0 Å². The molecule has 0 aliphatic heterocycles. The van der Waals surface area contributed by atoms with Crippen LogP contribution in [0.3, 0.4) is 0 Å². The van der Waals surface area contributed by atoms with E-state index >= 15 is 0 Å².